The molecule has 3 rings (SSSR count). The number of aryl methyl sites for hydroxylation is 1. The van der Waals surface area contributed by atoms with Gasteiger partial charge in [-0.15, -0.1) is 0 Å². The zero-order chi connectivity index (χ0) is 25.9. The Hall–Kier alpha value is -4.66. The van der Waals surface area contributed by atoms with Gasteiger partial charge in [-0.2, -0.15) is 5.10 Å². The SMILES string of the molecule is CCOc1ccc(C(=O)Oc2ccc(/C=N/NC(=O)CNC(=O)c3ccc(C)cc3)cc2OC)cc1. The Balaban J connectivity index is 1.53. The van der Waals surface area contributed by atoms with Crippen molar-refractivity contribution in [2.75, 3.05) is 20.3 Å². The van der Waals surface area contributed by atoms with Gasteiger partial charge in [0.15, 0.2) is 11.5 Å². The van der Waals surface area contributed by atoms with E-state index in [1.807, 2.05) is 26.0 Å². The third-order valence-corrected chi connectivity index (χ3v) is 4.92. The second-order valence-electron chi connectivity index (χ2n) is 7.60. The van der Waals surface area contributed by atoms with Gasteiger partial charge >= 0.3 is 5.97 Å². The summed E-state index contributed by atoms with van der Waals surface area (Å²) in [5, 5.41) is 6.42. The van der Waals surface area contributed by atoms with Gasteiger partial charge in [0.05, 0.1) is 32.0 Å². The Morgan fingerprint density at radius 2 is 1.61 bits per heavy atom. The van der Waals surface area contributed by atoms with Crippen molar-refractivity contribution in [1.82, 2.24) is 10.7 Å². The zero-order valence-electron chi connectivity index (χ0n) is 20.2. The summed E-state index contributed by atoms with van der Waals surface area (Å²) in [6.07, 6.45) is 1.40. The van der Waals surface area contributed by atoms with E-state index in [1.54, 1.807) is 54.6 Å². The predicted octanol–water partition coefficient (Wildman–Crippen LogP) is 3.50. The number of hydrogen-bond acceptors (Lipinski definition) is 7. The van der Waals surface area contributed by atoms with Crippen LogP contribution < -0.4 is 25.0 Å². The van der Waals surface area contributed by atoms with E-state index >= 15 is 0 Å². The number of ether oxygens (including phenoxy) is 3. The lowest BCUT2D eigenvalue weighted by atomic mass is 10.1. The average Bonchev–Trinajstić information content (AvgIpc) is 2.89. The topological polar surface area (TPSA) is 115 Å². The number of hydrogen-bond donors (Lipinski definition) is 2. The summed E-state index contributed by atoms with van der Waals surface area (Å²) >= 11 is 0. The molecule has 0 unspecified atom stereocenters. The summed E-state index contributed by atoms with van der Waals surface area (Å²) in [6.45, 7) is 4.11. The summed E-state index contributed by atoms with van der Waals surface area (Å²) in [4.78, 5) is 36.5. The minimum Gasteiger partial charge on any atom is -0.494 e. The Labute approximate surface area is 209 Å². The van der Waals surface area contributed by atoms with Gasteiger partial charge in [-0.3, -0.25) is 9.59 Å². The van der Waals surface area contributed by atoms with Crippen LogP contribution in [0.15, 0.2) is 71.8 Å². The first-order chi connectivity index (χ1) is 17.4. The Morgan fingerprint density at radius 1 is 0.917 bits per heavy atom. The van der Waals surface area contributed by atoms with Gasteiger partial charge in [-0.1, -0.05) is 17.7 Å². The molecule has 36 heavy (non-hydrogen) atoms. The lowest BCUT2D eigenvalue weighted by molar-refractivity contribution is -0.120. The number of nitrogens with one attached hydrogen (secondary N) is 2. The van der Waals surface area contributed by atoms with Crippen LogP contribution in [-0.2, 0) is 4.79 Å². The Morgan fingerprint density at radius 3 is 2.28 bits per heavy atom. The van der Waals surface area contributed by atoms with Crippen LogP contribution in [0.1, 0.15) is 38.8 Å². The van der Waals surface area contributed by atoms with Gasteiger partial charge in [0.25, 0.3) is 11.8 Å². The van der Waals surface area contributed by atoms with E-state index in [2.05, 4.69) is 15.8 Å². The molecule has 0 aliphatic heterocycles. The standard InChI is InChI=1S/C27H27N3O6/c1-4-35-22-12-10-21(11-13-22)27(33)36-23-14-7-19(15-24(23)34-3)16-29-30-25(31)17-28-26(32)20-8-5-18(2)6-9-20/h5-16H,4,17H2,1-3H3,(H,28,32)(H,30,31)/b29-16+. The molecule has 3 aromatic carbocycles. The first-order valence-electron chi connectivity index (χ1n) is 11.2. The second kappa shape index (κ2) is 12.7. The highest BCUT2D eigenvalue weighted by molar-refractivity contribution is 5.96. The molecule has 0 saturated heterocycles. The highest BCUT2D eigenvalue weighted by atomic mass is 16.6. The first-order valence-corrected chi connectivity index (χ1v) is 11.2. The van der Waals surface area contributed by atoms with Crippen molar-refractivity contribution < 1.29 is 28.6 Å². The van der Waals surface area contributed by atoms with E-state index in [0.29, 0.717) is 34.8 Å². The molecule has 0 radical (unpaired) electrons. The molecule has 0 bridgehead atoms. The van der Waals surface area contributed by atoms with Crippen molar-refractivity contribution in [3.05, 3.63) is 89.0 Å². The number of carbonyl (C=O) groups is 3. The number of esters is 1. The van der Waals surface area contributed by atoms with Crippen molar-refractivity contribution in [3.63, 3.8) is 0 Å². The monoisotopic (exact) mass is 489 g/mol. The molecule has 2 N–H and O–H groups in total. The third kappa shape index (κ3) is 7.42. The number of nitrogens with zero attached hydrogens (tertiary/aromatic N) is 1. The highest BCUT2D eigenvalue weighted by Crippen LogP contribution is 2.28. The van der Waals surface area contributed by atoms with Gasteiger partial charge < -0.3 is 19.5 Å². The zero-order valence-corrected chi connectivity index (χ0v) is 20.2. The fourth-order valence-corrected chi connectivity index (χ4v) is 3.05. The Bertz CT molecular complexity index is 1240. The van der Waals surface area contributed by atoms with Crippen LogP contribution in [0.4, 0.5) is 0 Å². The van der Waals surface area contributed by atoms with Gasteiger partial charge in [0, 0.05) is 5.56 Å². The van der Waals surface area contributed by atoms with Crippen LogP contribution in [0.3, 0.4) is 0 Å². The molecule has 0 fully saturated rings. The fraction of sp³-hybridized carbons (Fsp3) is 0.185. The quantitative estimate of drug-likeness (QED) is 0.195. The van der Waals surface area contributed by atoms with Crippen LogP contribution in [0.2, 0.25) is 0 Å². The first kappa shape index (κ1) is 26.0. The number of methoxy groups -OCH3 is 1. The van der Waals surface area contributed by atoms with Crippen molar-refractivity contribution >= 4 is 24.0 Å². The molecule has 0 heterocycles. The van der Waals surface area contributed by atoms with Crippen LogP contribution >= 0.6 is 0 Å². The molecule has 0 aromatic heterocycles. The minimum absolute atomic E-state index is 0.228. The summed E-state index contributed by atoms with van der Waals surface area (Å²) in [6, 6.07) is 18.5. The minimum atomic E-state index is -0.544. The average molecular weight is 490 g/mol. The molecule has 3 aromatic rings. The maximum Gasteiger partial charge on any atom is 0.343 e. The molecule has 9 nitrogen and oxygen atoms in total. The summed E-state index contributed by atoms with van der Waals surface area (Å²) < 4.78 is 16.2. The number of rotatable bonds is 10. The molecular formula is C27H27N3O6. The summed E-state index contributed by atoms with van der Waals surface area (Å²) in [5.41, 5.74) is 4.81. The van der Waals surface area contributed by atoms with E-state index in [4.69, 9.17) is 14.2 Å². The van der Waals surface area contributed by atoms with Gasteiger partial charge in [-0.25, -0.2) is 10.2 Å². The van der Waals surface area contributed by atoms with Gasteiger partial charge in [-0.05, 0) is 74.0 Å². The normalized spacial score (nSPS) is 10.5. The van der Waals surface area contributed by atoms with E-state index in [9.17, 15) is 14.4 Å². The number of carbonyl (C=O) groups excluding carboxylic acids is 3. The maximum atomic E-state index is 12.5. The molecule has 0 aliphatic carbocycles. The van der Waals surface area contributed by atoms with E-state index < -0.39 is 11.9 Å². The van der Waals surface area contributed by atoms with Crippen LogP contribution in [0.25, 0.3) is 0 Å². The summed E-state index contributed by atoms with van der Waals surface area (Å²) in [5.74, 6) is -0.172. The molecule has 0 atom stereocenters. The second-order valence-corrected chi connectivity index (χ2v) is 7.60. The molecule has 2 amide bonds. The molecule has 0 aliphatic rings. The third-order valence-electron chi connectivity index (χ3n) is 4.92. The van der Waals surface area contributed by atoms with Crippen molar-refractivity contribution in [1.29, 1.82) is 0 Å². The molecular weight excluding hydrogens is 462 g/mol. The lowest BCUT2D eigenvalue weighted by Crippen LogP contribution is -2.34. The molecule has 0 spiro atoms. The predicted molar refractivity (Wildman–Crippen MR) is 135 cm³/mol. The van der Waals surface area contributed by atoms with E-state index in [1.165, 1.54) is 13.3 Å². The smallest absolute Gasteiger partial charge is 0.343 e. The number of amides is 2. The van der Waals surface area contributed by atoms with Gasteiger partial charge in [0.1, 0.15) is 5.75 Å². The van der Waals surface area contributed by atoms with Crippen LogP contribution in [0, 0.1) is 6.92 Å². The number of hydrazone groups is 1. The Kier molecular flexibility index (Phi) is 9.16. The largest absolute Gasteiger partial charge is 0.494 e. The van der Waals surface area contributed by atoms with Gasteiger partial charge in [0.2, 0.25) is 0 Å². The molecule has 0 saturated carbocycles. The van der Waals surface area contributed by atoms with E-state index in [0.717, 1.165) is 5.56 Å². The lowest BCUT2D eigenvalue weighted by Gasteiger charge is -2.10. The van der Waals surface area contributed by atoms with Crippen molar-refractivity contribution in [2.24, 2.45) is 5.10 Å². The molecule has 9 heteroatoms. The van der Waals surface area contributed by atoms with Crippen molar-refractivity contribution in [2.45, 2.75) is 13.8 Å². The fourth-order valence-electron chi connectivity index (χ4n) is 3.05. The maximum absolute atomic E-state index is 12.5. The number of benzene rings is 3. The van der Waals surface area contributed by atoms with E-state index in [-0.39, 0.29) is 18.2 Å². The highest BCUT2D eigenvalue weighted by Gasteiger charge is 2.13. The van der Waals surface area contributed by atoms with Crippen LogP contribution in [-0.4, -0.2) is 44.3 Å². The van der Waals surface area contributed by atoms with Crippen molar-refractivity contribution in [3.8, 4) is 17.2 Å². The van der Waals surface area contributed by atoms with Crippen LogP contribution in [0.5, 0.6) is 17.2 Å². The molecule has 186 valence electrons. The summed E-state index contributed by atoms with van der Waals surface area (Å²) in [7, 11) is 1.45.